The first-order valence-electron chi connectivity index (χ1n) is 6.01. The van der Waals surface area contributed by atoms with E-state index in [1.165, 1.54) is 6.39 Å². The lowest BCUT2D eigenvalue weighted by Crippen LogP contribution is -2.27. The van der Waals surface area contributed by atoms with E-state index in [2.05, 4.69) is 20.0 Å². The minimum atomic E-state index is -0.566. The Kier molecular flexibility index (Phi) is 3.60. The fourth-order valence-electron chi connectivity index (χ4n) is 1.53. The first-order valence-corrected chi connectivity index (χ1v) is 6.01. The highest BCUT2D eigenvalue weighted by atomic mass is 16.6. The number of anilines is 2. The van der Waals surface area contributed by atoms with Crippen molar-refractivity contribution < 1.29 is 14.1 Å². The second-order valence-corrected chi connectivity index (χ2v) is 5.18. The van der Waals surface area contributed by atoms with Crippen LogP contribution in [0.1, 0.15) is 20.8 Å². The van der Waals surface area contributed by atoms with E-state index in [0.29, 0.717) is 22.8 Å². The number of hydrogen-bond donors (Lipinski definition) is 2. The Morgan fingerprint density at radius 1 is 1.40 bits per heavy atom. The fourth-order valence-corrected chi connectivity index (χ4v) is 1.53. The molecule has 0 unspecified atom stereocenters. The number of carbonyl (C=O) groups is 1. The second kappa shape index (κ2) is 5.20. The normalized spacial score (nSPS) is 11.2. The number of nitrogens with two attached hydrogens (primary N) is 1. The molecule has 0 aliphatic rings. The van der Waals surface area contributed by atoms with Crippen molar-refractivity contribution in [1.29, 1.82) is 0 Å². The third-order valence-corrected chi connectivity index (χ3v) is 2.31. The Morgan fingerprint density at radius 2 is 2.15 bits per heavy atom. The molecule has 1 heterocycles. The van der Waals surface area contributed by atoms with Gasteiger partial charge in [0.1, 0.15) is 5.60 Å². The molecule has 1 aromatic carbocycles. The van der Waals surface area contributed by atoms with Crippen molar-refractivity contribution in [3.63, 3.8) is 0 Å². The summed E-state index contributed by atoms with van der Waals surface area (Å²) in [6, 6.07) is 5.04. The van der Waals surface area contributed by atoms with Crippen LogP contribution in [0.2, 0.25) is 0 Å². The highest BCUT2D eigenvalue weighted by Crippen LogP contribution is 2.25. The van der Waals surface area contributed by atoms with E-state index >= 15 is 0 Å². The maximum atomic E-state index is 11.7. The van der Waals surface area contributed by atoms with Crippen LogP contribution in [-0.2, 0) is 4.74 Å². The molecule has 20 heavy (non-hydrogen) atoms. The molecule has 0 atom stereocenters. The van der Waals surface area contributed by atoms with Gasteiger partial charge in [-0.3, -0.25) is 5.32 Å². The van der Waals surface area contributed by atoms with Crippen LogP contribution in [0.25, 0.3) is 11.4 Å². The summed E-state index contributed by atoms with van der Waals surface area (Å²) in [5.74, 6) is 0.431. The van der Waals surface area contributed by atoms with Gasteiger partial charge in [-0.1, -0.05) is 5.16 Å². The number of carbonyl (C=O) groups excluding carboxylic acids is 1. The molecule has 0 spiro atoms. The van der Waals surface area contributed by atoms with Gasteiger partial charge in [0.2, 0.25) is 12.2 Å². The van der Waals surface area contributed by atoms with Gasteiger partial charge < -0.3 is 15.0 Å². The largest absolute Gasteiger partial charge is 0.444 e. The van der Waals surface area contributed by atoms with Gasteiger partial charge in [0.25, 0.3) is 0 Å². The van der Waals surface area contributed by atoms with E-state index in [-0.39, 0.29) is 0 Å². The average molecular weight is 276 g/mol. The van der Waals surface area contributed by atoms with E-state index in [4.69, 9.17) is 10.5 Å². The molecule has 0 bridgehead atoms. The van der Waals surface area contributed by atoms with E-state index in [1.807, 2.05) is 0 Å². The number of benzene rings is 1. The van der Waals surface area contributed by atoms with E-state index in [0.717, 1.165) is 0 Å². The summed E-state index contributed by atoms with van der Waals surface area (Å²) >= 11 is 0. The Morgan fingerprint density at radius 3 is 2.70 bits per heavy atom. The first-order chi connectivity index (χ1) is 9.35. The van der Waals surface area contributed by atoms with Gasteiger partial charge in [-0.05, 0) is 39.0 Å². The molecular formula is C13H16N4O3. The Labute approximate surface area is 116 Å². The number of nitrogens with one attached hydrogen (secondary N) is 1. The molecule has 1 amide bonds. The summed E-state index contributed by atoms with van der Waals surface area (Å²) in [4.78, 5) is 15.6. The molecule has 0 radical (unpaired) electrons. The van der Waals surface area contributed by atoms with Crippen molar-refractivity contribution in [2.24, 2.45) is 0 Å². The highest BCUT2D eigenvalue weighted by Gasteiger charge is 2.17. The van der Waals surface area contributed by atoms with Gasteiger partial charge in [-0.2, -0.15) is 4.98 Å². The van der Waals surface area contributed by atoms with Gasteiger partial charge in [-0.25, -0.2) is 4.79 Å². The van der Waals surface area contributed by atoms with Crippen molar-refractivity contribution in [2.75, 3.05) is 11.1 Å². The van der Waals surface area contributed by atoms with E-state index < -0.39 is 11.7 Å². The molecule has 7 heteroatoms. The molecule has 0 aliphatic carbocycles. The number of aromatic nitrogens is 2. The zero-order valence-corrected chi connectivity index (χ0v) is 11.5. The number of rotatable bonds is 2. The number of nitrogen functional groups attached to an aromatic ring is 1. The van der Waals surface area contributed by atoms with E-state index in [9.17, 15) is 4.79 Å². The van der Waals surface area contributed by atoms with Crippen LogP contribution < -0.4 is 11.1 Å². The Balaban J connectivity index is 2.13. The third-order valence-electron chi connectivity index (χ3n) is 2.31. The van der Waals surface area contributed by atoms with Crippen LogP contribution in [-0.4, -0.2) is 21.8 Å². The van der Waals surface area contributed by atoms with Crippen molar-refractivity contribution in [3.8, 4) is 11.4 Å². The minimum absolute atomic E-state index is 0.387. The maximum Gasteiger partial charge on any atom is 0.412 e. The van der Waals surface area contributed by atoms with Crippen LogP contribution in [0.4, 0.5) is 16.2 Å². The Bertz CT molecular complexity index is 603. The summed E-state index contributed by atoms with van der Waals surface area (Å²) in [5.41, 5.74) is 6.87. The lowest BCUT2D eigenvalue weighted by atomic mass is 10.1. The number of hydrogen-bond acceptors (Lipinski definition) is 6. The predicted molar refractivity (Wildman–Crippen MR) is 74.0 cm³/mol. The first kappa shape index (κ1) is 13.9. The minimum Gasteiger partial charge on any atom is -0.444 e. The molecule has 2 rings (SSSR count). The fraction of sp³-hybridized carbons (Fsp3) is 0.308. The average Bonchev–Trinajstić information content (AvgIpc) is 2.82. The SMILES string of the molecule is CC(C)(C)OC(=O)Nc1ccc(-c2ncon2)cc1N. The molecule has 0 saturated carbocycles. The van der Waals surface area contributed by atoms with Crippen LogP contribution in [0.5, 0.6) is 0 Å². The third kappa shape index (κ3) is 3.47. The van der Waals surface area contributed by atoms with Crippen molar-refractivity contribution >= 4 is 17.5 Å². The molecule has 0 aliphatic heterocycles. The van der Waals surface area contributed by atoms with E-state index in [1.54, 1.807) is 39.0 Å². The summed E-state index contributed by atoms with van der Waals surface area (Å²) < 4.78 is 9.82. The number of nitrogens with zero attached hydrogens (tertiary/aromatic N) is 2. The van der Waals surface area contributed by atoms with Crippen LogP contribution >= 0.6 is 0 Å². The smallest absolute Gasteiger partial charge is 0.412 e. The van der Waals surface area contributed by atoms with Crippen LogP contribution in [0, 0.1) is 0 Å². The molecular weight excluding hydrogens is 260 g/mol. The number of ether oxygens (including phenoxy) is 1. The lowest BCUT2D eigenvalue weighted by molar-refractivity contribution is 0.0636. The van der Waals surface area contributed by atoms with Crippen molar-refractivity contribution in [2.45, 2.75) is 26.4 Å². The van der Waals surface area contributed by atoms with Gasteiger partial charge in [0, 0.05) is 5.56 Å². The van der Waals surface area contributed by atoms with Gasteiger partial charge >= 0.3 is 6.09 Å². The standard InChI is InChI=1S/C13H16N4O3/c1-13(2,3)20-12(18)16-10-5-4-8(6-9(10)14)11-15-7-19-17-11/h4-7H,14H2,1-3H3,(H,16,18). The highest BCUT2D eigenvalue weighted by molar-refractivity contribution is 5.90. The van der Waals surface area contributed by atoms with Gasteiger partial charge in [0.15, 0.2) is 0 Å². The van der Waals surface area contributed by atoms with Crippen LogP contribution in [0.15, 0.2) is 29.1 Å². The summed E-state index contributed by atoms with van der Waals surface area (Å²) in [6.07, 6.45) is 0.676. The zero-order valence-electron chi connectivity index (χ0n) is 11.5. The predicted octanol–water partition coefficient (Wildman–Crippen LogP) is 2.67. The summed E-state index contributed by atoms with van der Waals surface area (Å²) in [5, 5.41) is 6.30. The Hall–Kier alpha value is -2.57. The molecule has 106 valence electrons. The summed E-state index contributed by atoms with van der Waals surface area (Å²) in [6.45, 7) is 5.36. The van der Waals surface area contributed by atoms with Crippen LogP contribution in [0.3, 0.4) is 0 Å². The van der Waals surface area contributed by atoms with Crippen molar-refractivity contribution in [1.82, 2.24) is 10.1 Å². The molecule has 0 saturated heterocycles. The monoisotopic (exact) mass is 276 g/mol. The molecule has 1 aromatic heterocycles. The topological polar surface area (TPSA) is 103 Å². The van der Waals surface area contributed by atoms with Gasteiger partial charge in [0.05, 0.1) is 11.4 Å². The molecule has 2 aromatic rings. The molecule has 7 nitrogen and oxygen atoms in total. The number of amides is 1. The molecule has 3 N–H and O–H groups in total. The quantitative estimate of drug-likeness (QED) is 0.817. The summed E-state index contributed by atoms with van der Waals surface area (Å²) in [7, 11) is 0. The zero-order chi connectivity index (χ0) is 14.8. The van der Waals surface area contributed by atoms with Crippen molar-refractivity contribution in [3.05, 3.63) is 24.6 Å². The lowest BCUT2D eigenvalue weighted by Gasteiger charge is -2.20. The second-order valence-electron chi connectivity index (χ2n) is 5.18. The van der Waals surface area contributed by atoms with Gasteiger partial charge in [-0.15, -0.1) is 0 Å². The molecule has 0 fully saturated rings. The maximum absolute atomic E-state index is 11.7.